The first-order chi connectivity index (χ1) is 16.8. The Kier molecular flexibility index (Phi) is 6.04. The molecule has 1 saturated carbocycles. The van der Waals surface area contributed by atoms with Gasteiger partial charge in [0, 0.05) is 26.2 Å². The molecule has 0 radical (unpaired) electrons. The van der Waals surface area contributed by atoms with Crippen molar-refractivity contribution in [1.29, 1.82) is 0 Å². The van der Waals surface area contributed by atoms with E-state index in [0.717, 1.165) is 28.9 Å². The standard InChI is InChI=1S/C26H28F2N4O3/c1-26(19-6-7-19)24(34)32(25(35)29-26)16-22(33)30-12-14-31(15-13-30)23(17-2-8-20(27)9-3-17)18-4-10-21(28)11-5-18/h2-5,8-11,19,23H,6-7,12-16H2,1H3,(H,29,35)/t26-/m1/s1. The first-order valence-electron chi connectivity index (χ1n) is 11.9. The molecule has 0 spiro atoms. The molecule has 1 atom stereocenters. The maximum atomic E-state index is 13.5. The monoisotopic (exact) mass is 482 g/mol. The van der Waals surface area contributed by atoms with Crippen LogP contribution in [0.4, 0.5) is 13.6 Å². The molecule has 2 aromatic carbocycles. The van der Waals surface area contributed by atoms with Gasteiger partial charge in [-0.25, -0.2) is 13.6 Å². The van der Waals surface area contributed by atoms with Gasteiger partial charge in [0.15, 0.2) is 0 Å². The summed E-state index contributed by atoms with van der Waals surface area (Å²) in [5, 5.41) is 2.77. The Hall–Kier alpha value is -3.33. The zero-order chi connectivity index (χ0) is 24.7. The summed E-state index contributed by atoms with van der Waals surface area (Å²) in [4.78, 5) is 43.1. The predicted octanol–water partition coefficient (Wildman–Crippen LogP) is 2.92. The largest absolute Gasteiger partial charge is 0.339 e. The zero-order valence-corrected chi connectivity index (χ0v) is 19.5. The van der Waals surface area contributed by atoms with Crippen LogP contribution in [0.2, 0.25) is 0 Å². The lowest BCUT2D eigenvalue weighted by Crippen LogP contribution is -2.53. The van der Waals surface area contributed by atoms with Crippen LogP contribution in [-0.4, -0.2) is 70.8 Å². The van der Waals surface area contributed by atoms with E-state index in [4.69, 9.17) is 0 Å². The fourth-order valence-corrected chi connectivity index (χ4v) is 5.17. The molecular weight excluding hydrogens is 454 g/mol. The second-order valence-electron chi connectivity index (χ2n) is 9.72. The summed E-state index contributed by atoms with van der Waals surface area (Å²) < 4.78 is 27.1. The molecule has 1 N–H and O–H groups in total. The van der Waals surface area contributed by atoms with Crippen molar-refractivity contribution < 1.29 is 23.2 Å². The molecule has 1 aliphatic carbocycles. The van der Waals surface area contributed by atoms with Crippen molar-refractivity contribution in [2.45, 2.75) is 31.3 Å². The lowest BCUT2D eigenvalue weighted by atomic mass is 9.96. The third-order valence-electron chi connectivity index (χ3n) is 7.39. The van der Waals surface area contributed by atoms with Crippen LogP contribution in [0, 0.1) is 17.6 Å². The highest BCUT2D eigenvalue weighted by atomic mass is 19.1. The molecular formula is C26H28F2N4O3. The van der Waals surface area contributed by atoms with Gasteiger partial charge in [-0.1, -0.05) is 24.3 Å². The van der Waals surface area contributed by atoms with Crippen molar-refractivity contribution in [1.82, 2.24) is 20.0 Å². The van der Waals surface area contributed by atoms with E-state index in [0.29, 0.717) is 26.2 Å². The van der Waals surface area contributed by atoms with Gasteiger partial charge in [-0.05, 0) is 61.1 Å². The van der Waals surface area contributed by atoms with Crippen LogP contribution < -0.4 is 5.32 Å². The fourth-order valence-electron chi connectivity index (χ4n) is 5.17. The van der Waals surface area contributed by atoms with Crippen molar-refractivity contribution in [2.75, 3.05) is 32.7 Å². The Labute approximate surface area is 202 Å². The number of halogens is 2. The van der Waals surface area contributed by atoms with Crippen molar-refractivity contribution in [3.05, 3.63) is 71.3 Å². The molecule has 2 heterocycles. The van der Waals surface area contributed by atoms with E-state index in [1.165, 1.54) is 24.3 Å². The van der Waals surface area contributed by atoms with E-state index >= 15 is 0 Å². The summed E-state index contributed by atoms with van der Waals surface area (Å²) in [6.45, 7) is 3.37. The molecule has 2 aliphatic heterocycles. The molecule has 7 nitrogen and oxygen atoms in total. The van der Waals surface area contributed by atoms with Crippen LogP contribution >= 0.6 is 0 Å². The molecule has 2 aromatic rings. The second kappa shape index (κ2) is 9.03. The van der Waals surface area contributed by atoms with Gasteiger partial charge in [0.1, 0.15) is 23.7 Å². The second-order valence-corrected chi connectivity index (χ2v) is 9.72. The SMILES string of the molecule is C[C@]1(C2CC2)NC(=O)N(CC(=O)N2CCN(C(c3ccc(F)cc3)c3ccc(F)cc3)CC2)C1=O. The minimum absolute atomic E-state index is 0.137. The van der Waals surface area contributed by atoms with Gasteiger partial charge in [0.25, 0.3) is 5.91 Å². The van der Waals surface area contributed by atoms with E-state index in [1.807, 2.05) is 0 Å². The van der Waals surface area contributed by atoms with Gasteiger partial charge < -0.3 is 10.2 Å². The average Bonchev–Trinajstić information content (AvgIpc) is 3.68. The Bertz CT molecular complexity index is 1080. The zero-order valence-electron chi connectivity index (χ0n) is 19.5. The molecule has 2 saturated heterocycles. The van der Waals surface area contributed by atoms with Crippen molar-refractivity contribution in [3.8, 4) is 0 Å². The summed E-state index contributed by atoms with van der Waals surface area (Å²) in [5.74, 6) is -1.13. The maximum absolute atomic E-state index is 13.5. The highest BCUT2D eigenvalue weighted by Crippen LogP contribution is 2.42. The Morgan fingerprint density at radius 1 is 0.943 bits per heavy atom. The first kappa shape index (κ1) is 23.4. The molecule has 3 aliphatic rings. The van der Waals surface area contributed by atoms with Gasteiger partial charge in [-0.2, -0.15) is 0 Å². The smallest absolute Gasteiger partial charge is 0.325 e. The summed E-state index contributed by atoms with van der Waals surface area (Å²) in [6, 6.07) is 11.7. The number of hydrogen-bond donors (Lipinski definition) is 1. The molecule has 0 bridgehead atoms. The average molecular weight is 483 g/mol. The fraction of sp³-hybridized carbons (Fsp3) is 0.423. The van der Waals surface area contributed by atoms with E-state index in [-0.39, 0.29) is 42.0 Å². The van der Waals surface area contributed by atoms with Gasteiger partial charge in [0.2, 0.25) is 5.91 Å². The van der Waals surface area contributed by atoms with E-state index in [2.05, 4.69) is 10.2 Å². The highest BCUT2D eigenvalue weighted by molar-refractivity contribution is 6.09. The molecule has 0 unspecified atom stereocenters. The molecule has 4 amide bonds. The molecule has 35 heavy (non-hydrogen) atoms. The van der Waals surface area contributed by atoms with Crippen LogP contribution in [0.5, 0.6) is 0 Å². The Morgan fingerprint density at radius 2 is 1.46 bits per heavy atom. The third-order valence-corrected chi connectivity index (χ3v) is 7.39. The molecule has 3 fully saturated rings. The number of benzene rings is 2. The van der Waals surface area contributed by atoms with Crippen molar-refractivity contribution >= 4 is 17.8 Å². The number of carbonyl (C=O) groups excluding carboxylic acids is 3. The van der Waals surface area contributed by atoms with Gasteiger partial charge in [-0.3, -0.25) is 19.4 Å². The van der Waals surface area contributed by atoms with Gasteiger partial charge >= 0.3 is 6.03 Å². The maximum Gasteiger partial charge on any atom is 0.325 e. The summed E-state index contributed by atoms with van der Waals surface area (Å²) >= 11 is 0. The Morgan fingerprint density at radius 3 is 1.94 bits per heavy atom. The number of hydrogen-bond acceptors (Lipinski definition) is 4. The molecule has 9 heteroatoms. The number of nitrogens with one attached hydrogen (secondary N) is 1. The number of carbonyl (C=O) groups is 3. The number of nitrogens with zero attached hydrogens (tertiary/aromatic N) is 3. The number of amides is 4. The van der Waals surface area contributed by atoms with Gasteiger partial charge in [-0.15, -0.1) is 0 Å². The first-order valence-corrected chi connectivity index (χ1v) is 11.9. The number of urea groups is 1. The minimum atomic E-state index is -0.909. The quantitative estimate of drug-likeness (QED) is 0.643. The van der Waals surface area contributed by atoms with Gasteiger partial charge in [0.05, 0.1) is 6.04 Å². The summed E-state index contributed by atoms with van der Waals surface area (Å²) in [7, 11) is 0. The third kappa shape index (κ3) is 4.52. The van der Waals surface area contributed by atoms with Crippen molar-refractivity contribution in [3.63, 3.8) is 0 Å². The van der Waals surface area contributed by atoms with E-state index < -0.39 is 11.6 Å². The van der Waals surface area contributed by atoms with Crippen LogP contribution in [-0.2, 0) is 9.59 Å². The van der Waals surface area contributed by atoms with E-state index in [1.54, 1.807) is 36.1 Å². The normalized spacial score (nSPS) is 23.2. The number of rotatable bonds is 6. The summed E-state index contributed by atoms with van der Waals surface area (Å²) in [6.07, 6.45) is 1.80. The highest BCUT2D eigenvalue weighted by Gasteiger charge is 2.56. The topological polar surface area (TPSA) is 73.0 Å². The van der Waals surface area contributed by atoms with Crippen LogP contribution in [0.3, 0.4) is 0 Å². The molecule has 5 rings (SSSR count). The van der Waals surface area contributed by atoms with Crippen LogP contribution in [0.25, 0.3) is 0 Å². The lowest BCUT2D eigenvalue weighted by Gasteiger charge is -2.40. The van der Waals surface area contributed by atoms with Crippen LogP contribution in [0.1, 0.15) is 36.9 Å². The van der Waals surface area contributed by atoms with E-state index in [9.17, 15) is 23.2 Å². The molecule has 184 valence electrons. The minimum Gasteiger partial charge on any atom is -0.339 e. The van der Waals surface area contributed by atoms with Crippen molar-refractivity contribution in [2.24, 2.45) is 5.92 Å². The number of piperazine rings is 1. The molecule has 0 aromatic heterocycles. The number of imide groups is 1. The summed E-state index contributed by atoms with van der Waals surface area (Å²) in [5.41, 5.74) is 0.834. The Balaban J connectivity index is 1.26. The predicted molar refractivity (Wildman–Crippen MR) is 124 cm³/mol. The van der Waals surface area contributed by atoms with Crippen LogP contribution in [0.15, 0.2) is 48.5 Å². The lowest BCUT2D eigenvalue weighted by molar-refractivity contribution is -0.140.